The fraction of sp³-hybridized carbons (Fsp3) is 0.300. The van der Waals surface area contributed by atoms with Gasteiger partial charge in [-0.05, 0) is 48.1 Å². The number of Topliss-reactive ketones (excluding diaryl/α,β-unsaturated/α-hetero) is 1. The molecular formula is C30H30N6O3S2. The van der Waals surface area contributed by atoms with Crippen LogP contribution in [0.4, 0.5) is 10.8 Å². The summed E-state index contributed by atoms with van der Waals surface area (Å²) in [5.41, 5.74) is 10.5. The van der Waals surface area contributed by atoms with Crippen LogP contribution in [-0.4, -0.2) is 34.8 Å². The Kier molecular flexibility index (Phi) is 7.89. The number of ketones is 1. The molecule has 0 radical (unpaired) electrons. The number of anilines is 2. The Morgan fingerprint density at radius 1 is 1.22 bits per heavy atom. The first-order chi connectivity index (χ1) is 19.6. The molecule has 210 valence electrons. The van der Waals surface area contributed by atoms with Gasteiger partial charge in [0.15, 0.2) is 10.1 Å². The molecular weight excluding hydrogens is 557 g/mol. The number of hydrogen-bond donors (Lipinski definition) is 2. The van der Waals surface area contributed by atoms with E-state index in [0.29, 0.717) is 33.6 Å². The number of amides is 1. The lowest BCUT2D eigenvalue weighted by molar-refractivity contribution is -0.118. The average molecular weight is 587 g/mol. The fourth-order valence-electron chi connectivity index (χ4n) is 5.23. The van der Waals surface area contributed by atoms with E-state index in [9.17, 15) is 14.9 Å². The van der Waals surface area contributed by atoms with E-state index in [-0.39, 0.29) is 34.3 Å². The van der Waals surface area contributed by atoms with E-state index in [1.54, 1.807) is 12.0 Å². The number of allylic oxidation sites excluding steroid dienone is 3. The van der Waals surface area contributed by atoms with Gasteiger partial charge in [0.1, 0.15) is 11.6 Å². The molecule has 0 fully saturated rings. The molecule has 1 aliphatic heterocycles. The van der Waals surface area contributed by atoms with E-state index in [1.807, 2.05) is 69.3 Å². The van der Waals surface area contributed by atoms with Crippen molar-refractivity contribution in [2.75, 3.05) is 23.1 Å². The molecule has 9 nitrogen and oxygen atoms in total. The number of benzene rings is 2. The predicted octanol–water partition coefficient (Wildman–Crippen LogP) is 5.53. The van der Waals surface area contributed by atoms with Crippen LogP contribution in [0.15, 0.2) is 75.5 Å². The average Bonchev–Trinajstić information content (AvgIpc) is 3.40. The Balaban J connectivity index is 1.47. The van der Waals surface area contributed by atoms with E-state index < -0.39 is 5.92 Å². The van der Waals surface area contributed by atoms with Crippen molar-refractivity contribution in [2.45, 2.75) is 43.9 Å². The lowest BCUT2D eigenvalue weighted by atomic mass is 9.68. The van der Waals surface area contributed by atoms with E-state index in [2.05, 4.69) is 21.6 Å². The minimum Gasteiger partial charge on any atom is -0.497 e. The number of ether oxygens (including phenoxy) is 1. The molecule has 1 atom stereocenters. The molecule has 0 saturated carbocycles. The van der Waals surface area contributed by atoms with Gasteiger partial charge in [-0.15, -0.1) is 10.2 Å². The van der Waals surface area contributed by atoms with E-state index in [0.717, 1.165) is 22.5 Å². The number of aryl methyl sites for hydroxylation is 1. The number of methoxy groups -OCH3 is 1. The first-order valence-electron chi connectivity index (χ1n) is 13.0. The second kappa shape index (κ2) is 11.4. The van der Waals surface area contributed by atoms with Crippen molar-refractivity contribution in [3.8, 4) is 11.8 Å². The van der Waals surface area contributed by atoms with Crippen LogP contribution in [0.5, 0.6) is 5.75 Å². The number of hydrogen-bond acceptors (Lipinski definition) is 10. The molecule has 2 aromatic carbocycles. The Morgan fingerprint density at radius 2 is 1.95 bits per heavy atom. The van der Waals surface area contributed by atoms with Crippen molar-refractivity contribution in [1.82, 2.24) is 10.2 Å². The molecule has 2 heterocycles. The van der Waals surface area contributed by atoms with Gasteiger partial charge in [-0.3, -0.25) is 14.5 Å². The second-order valence-electron chi connectivity index (χ2n) is 10.8. The summed E-state index contributed by atoms with van der Waals surface area (Å²) in [4.78, 5) is 28.0. The van der Waals surface area contributed by atoms with Crippen LogP contribution >= 0.6 is 23.1 Å². The maximum absolute atomic E-state index is 13.7. The summed E-state index contributed by atoms with van der Waals surface area (Å²) in [6, 6.07) is 17.2. The standard InChI is InChI=1S/C30H30N6O3S2/c1-17-7-5-6-8-21(17)33-24(38)16-40-29-35-34-28(41-29)36-22-13-30(2,3)14-23(37)26(22)25(20(15-31)27(36)32)18-9-11-19(39-4)12-10-18/h5-12,25H,13-14,16,32H2,1-4H3,(H,33,38). The molecule has 0 spiro atoms. The molecule has 1 aromatic heterocycles. The number of para-hydroxylation sites is 1. The van der Waals surface area contributed by atoms with Crippen LogP contribution in [0.3, 0.4) is 0 Å². The summed E-state index contributed by atoms with van der Waals surface area (Å²) in [6.45, 7) is 6.03. The minimum atomic E-state index is -0.590. The molecule has 1 amide bonds. The van der Waals surface area contributed by atoms with Gasteiger partial charge in [-0.1, -0.05) is 67.3 Å². The monoisotopic (exact) mass is 586 g/mol. The first kappa shape index (κ1) is 28.4. The molecule has 3 aromatic rings. The normalized spacial score (nSPS) is 18.2. The fourth-order valence-corrected chi connectivity index (χ4v) is 6.92. The van der Waals surface area contributed by atoms with Crippen LogP contribution < -0.4 is 20.7 Å². The number of thioether (sulfide) groups is 1. The van der Waals surface area contributed by atoms with Crippen molar-refractivity contribution in [3.05, 3.63) is 82.3 Å². The zero-order valence-corrected chi connectivity index (χ0v) is 24.9. The zero-order chi connectivity index (χ0) is 29.3. The van der Waals surface area contributed by atoms with Crippen molar-refractivity contribution in [2.24, 2.45) is 11.1 Å². The molecule has 11 heteroatoms. The highest BCUT2D eigenvalue weighted by Crippen LogP contribution is 2.50. The van der Waals surface area contributed by atoms with Gasteiger partial charge in [0.2, 0.25) is 11.0 Å². The largest absolute Gasteiger partial charge is 0.497 e. The summed E-state index contributed by atoms with van der Waals surface area (Å²) >= 11 is 2.53. The number of nitrogens with one attached hydrogen (secondary N) is 1. The summed E-state index contributed by atoms with van der Waals surface area (Å²) in [7, 11) is 1.59. The third-order valence-electron chi connectivity index (χ3n) is 7.16. The number of nitrogens with two attached hydrogens (primary N) is 1. The summed E-state index contributed by atoms with van der Waals surface area (Å²) < 4.78 is 5.88. The van der Waals surface area contributed by atoms with Crippen LogP contribution in [-0.2, 0) is 9.59 Å². The van der Waals surface area contributed by atoms with Crippen molar-refractivity contribution in [3.63, 3.8) is 0 Å². The smallest absolute Gasteiger partial charge is 0.234 e. The third kappa shape index (κ3) is 5.71. The maximum atomic E-state index is 13.7. The highest BCUT2D eigenvalue weighted by Gasteiger charge is 2.45. The van der Waals surface area contributed by atoms with Gasteiger partial charge in [0.25, 0.3) is 0 Å². The molecule has 0 bridgehead atoms. The summed E-state index contributed by atoms with van der Waals surface area (Å²) in [5.74, 6) is 0.289. The highest BCUT2D eigenvalue weighted by molar-refractivity contribution is 8.01. The number of nitrogens with zero attached hydrogens (tertiary/aromatic N) is 4. The molecule has 1 unspecified atom stereocenters. The topological polar surface area (TPSA) is 134 Å². The molecule has 3 N–H and O–H groups in total. The van der Waals surface area contributed by atoms with Gasteiger partial charge in [0, 0.05) is 23.4 Å². The minimum absolute atomic E-state index is 0.0192. The second-order valence-corrected chi connectivity index (χ2v) is 12.9. The number of carbonyl (C=O) groups excluding carboxylic acids is 2. The number of carbonyl (C=O) groups is 2. The van der Waals surface area contributed by atoms with Crippen molar-refractivity contribution < 1.29 is 14.3 Å². The molecule has 41 heavy (non-hydrogen) atoms. The van der Waals surface area contributed by atoms with Gasteiger partial charge >= 0.3 is 0 Å². The SMILES string of the molecule is COc1ccc(C2C(C#N)=C(N)N(c3nnc(SCC(=O)Nc4ccccc4C)s3)C3=C2C(=O)CC(C)(C)C3)cc1. The Hall–Kier alpha value is -4.14. The first-order valence-corrected chi connectivity index (χ1v) is 14.8. The van der Waals surface area contributed by atoms with Gasteiger partial charge in [-0.2, -0.15) is 5.26 Å². The predicted molar refractivity (Wildman–Crippen MR) is 161 cm³/mol. The van der Waals surface area contributed by atoms with Crippen molar-refractivity contribution in [1.29, 1.82) is 5.26 Å². The Bertz CT molecular complexity index is 1620. The molecule has 2 aliphatic rings. The highest BCUT2D eigenvalue weighted by atomic mass is 32.2. The van der Waals surface area contributed by atoms with Crippen LogP contribution in [0.25, 0.3) is 0 Å². The van der Waals surface area contributed by atoms with Crippen LogP contribution in [0, 0.1) is 23.7 Å². The van der Waals surface area contributed by atoms with Gasteiger partial charge < -0.3 is 15.8 Å². The summed E-state index contributed by atoms with van der Waals surface area (Å²) in [5, 5.41) is 22.3. The Morgan fingerprint density at radius 3 is 2.63 bits per heavy atom. The van der Waals surface area contributed by atoms with Gasteiger partial charge in [0.05, 0.1) is 30.4 Å². The van der Waals surface area contributed by atoms with E-state index in [4.69, 9.17) is 10.5 Å². The molecule has 0 saturated heterocycles. The molecule has 5 rings (SSSR count). The lowest BCUT2D eigenvalue weighted by Gasteiger charge is -2.42. The lowest BCUT2D eigenvalue weighted by Crippen LogP contribution is -2.42. The zero-order valence-electron chi connectivity index (χ0n) is 23.2. The van der Waals surface area contributed by atoms with Crippen molar-refractivity contribution >= 4 is 45.6 Å². The molecule has 1 aliphatic carbocycles. The summed E-state index contributed by atoms with van der Waals surface area (Å²) in [6.07, 6.45) is 0.930. The van der Waals surface area contributed by atoms with Crippen LogP contribution in [0.2, 0.25) is 0 Å². The van der Waals surface area contributed by atoms with Gasteiger partial charge in [-0.25, -0.2) is 0 Å². The van der Waals surface area contributed by atoms with E-state index in [1.165, 1.54) is 23.1 Å². The maximum Gasteiger partial charge on any atom is 0.234 e. The quantitative estimate of drug-likeness (QED) is 0.343. The number of aromatic nitrogens is 2. The Labute approximate surface area is 247 Å². The number of nitriles is 1. The van der Waals surface area contributed by atoms with E-state index >= 15 is 0 Å². The van der Waals surface area contributed by atoms with Crippen LogP contribution in [0.1, 0.15) is 43.7 Å². The number of rotatable bonds is 7. The third-order valence-corrected chi connectivity index (χ3v) is 9.20.